The molecule has 0 aromatic heterocycles. The van der Waals surface area contributed by atoms with Gasteiger partial charge in [0.15, 0.2) is 9.84 Å². The normalized spacial score (nSPS) is 28.9. The number of hydrogen-bond acceptors (Lipinski definition) is 3. The zero-order valence-electron chi connectivity index (χ0n) is 10.5. The second kappa shape index (κ2) is 6.01. The predicted molar refractivity (Wildman–Crippen MR) is 68.1 cm³/mol. The Morgan fingerprint density at radius 1 is 1.38 bits per heavy atom. The summed E-state index contributed by atoms with van der Waals surface area (Å²) in [6.07, 6.45) is 5.50. The van der Waals surface area contributed by atoms with Crippen LogP contribution >= 0.6 is 0 Å². The van der Waals surface area contributed by atoms with Crippen molar-refractivity contribution in [1.29, 1.82) is 0 Å². The molecule has 0 aromatic rings. The Bertz CT molecular complexity index is 298. The first kappa shape index (κ1) is 14.0. The minimum Gasteiger partial charge on any atom is -0.328 e. The molecule has 4 heteroatoms. The van der Waals surface area contributed by atoms with Crippen molar-refractivity contribution in [2.24, 2.45) is 11.7 Å². The monoisotopic (exact) mass is 247 g/mol. The molecule has 0 aromatic carbocycles. The summed E-state index contributed by atoms with van der Waals surface area (Å²) in [4.78, 5) is 0. The van der Waals surface area contributed by atoms with E-state index >= 15 is 0 Å². The Morgan fingerprint density at radius 3 is 2.62 bits per heavy atom. The first-order valence-corrected chi connectivity index (χ1v) is 8.10. The van der Waals surface area contributed by atoms with Crippen molar-refractivity contribution >= 4 is 9.84 Å². The van der Waals surface area contributed by atoms with Crippen molar-refractivity contribution in [1.82, 2.24) is 0 Å². The minimum atomic E-state index is -2.87. The fourth-order valence-corrected chi connectivity index (χ4v) is 4.53. The summed E-state index contributed by atoms with van der Waals surface area (Å²) in [6.45, 7) is 4.08. The van der Waals surface area contributed by atoms with Crippen molar-refractivity contribution in [3.8, 4) is 0 Å². The highest BCUT2D eigenvalue weighted by molar-refractivity contribution is 7.92. The van der Waals surface area contributed by atoms with Crippen LogP contribution in [0.25, 0.3) is 0 Å². The van der Waals surface area contributed by atoms with E-state index in [1.807, 2.05) is 6.92 Å². The molecule has 1 aliphatic carbocycles. The number of sulfone groups is 1. The summed E-state index contributed by atoms with van der Waals surface area (Å²) in [5, 5.41) is -0.0793. The highest BCUT2D eigenvalue weighted by atomic mass is 32.2. The average molecular weight is 247 g/mol. The molecule has 0 spiro atoms. The summed E-state index contributed by atoms with van der Waals surface area (Å²) < 4.78 is 24.1. The fourth-order valence-electron chi connectivity index (χ4n) is 2.48. The van der Waals surface area contributed by atoms with Gasteiger partial charge in [-0.25, -0.2) is 8.42 Å². The smallest absolute Gasteiger partial charge is 0.153 e. The van der Waals surface area contributed by atoms with Gasteiger partial charge in [0, 0.05) is 6.04 Å². The molecular weight excluding hydrogens is 222 g/mol. The SMILES string of the molecule is CC(N)CCCS(=O)(=O)C1CCCC(C)C1. The number of rotatable bonds is 5. The standard InChI is InChI=1S/C12H25NO2S/c1-10-5-3-7-12(9-10)16(14,15)8-4-6-11(2)13/h10-12H,3-9,13H2,1-2H3. The van der Waals surface area contributed by atoms with Gasteiger partial charge in [0.05, 0.1) is 11.0 Å². The average Bonchev–Trinajstić information content (AvgIpc) is 2.16. The highest BCUT2D eigenvalue weighted by Gasteiger charge is 2.29. The van der Waals surface area contributed by atoms with E-state index in [2.05, 4.69) is 6.92 Å². The molecule has 0 amide bonds. The summed E-state index contributed by atoms with van der Waals surface area (Å²) >= 11 is 0. The van der Waals surface area contributed by atoms with Crippen molar-refractivity contribution in [2.45, 2.75) is 63.7 Å². The van der Waals surface area contributed by atoms with Gasteiger partial charge < -0.3 is 5.73 Å². The van der Waals surface area contributed by atoms with Crippen molar-refractivity contribution in [3.05, 3.63) is 0 Å². The lowest BCUT2D eigenvalue weighted by Gasteiger charge is -2.26. The number of nitrogens with two attached hydrogens (primary N) is 1. The lowest BCUT2D eigenvalue weighted by molar-refractivity contribution is 0.381. The van der Waals surface area contributed by atoms with Crippen LogP contribution < -0.4 is 5.73 Å². The topological polar surface area (TPSA) is 60.2 Å². The van der Waals surface area contributed by atoms with E-state index in [0.29, 0.717) is 18.1 Å². The molecule has 1 saturated carbocycles. The molecular formula is C12H25NO2S. The van der Waals surface area contributed by atoms with Crippen LogP contribution in [0.15, 0.2) is 0 Å². The van der Waals surface area contributed by atoms with Crippen LogP contribution in [0.1, 0.15) is 52.4 Å². The number of hydrogen-bond donors (Lipinski definition) is 1. The molecule has 0 bridgehead atoms. The van der Waals surface area contributed by atoms with Gasteiger partial charge in [0.25, 0.3) is 0 Å². The van der Waals surface area contributed by atoms with Gasteiger partial charge in [-0.05, 0) is 38.5 Å². The maximum atomic E-state index is 12.1. The van der Waals surface area contributed by atoms with Crippen LogP contribution in [0.5, 0.6) is 0 Å². The molecule has 0 aliphatic heterocycles. The van der Waals surface area contributed by atoms with Gasteiger partial charge in [-0.3, -0.25) is 0 Å². The maximum absolute atomic E-state index is 12.1. The Kier molecular flexibility index (Phi) is 5.25. The Hall–Kier alpha value is -0.0900. The summed E-state index contributed by atoms with van der Waals surface area (Å²) in [7, 11) is -2.87. The molecule has 3 unspecified atom stereocenters. The maximum Gasteiger partial charge on any atom is 0.153 e. The Balaban J connectivity index is 2.43. The van der Waals surface area contributed by atoms with Gasteiger partial charge in [0.2, 0.25) is 0 Å². The predicted octanol–water partition coefficient (Wildman–Crippen LogP) is 2.11. The second-order valence-electron chi connectivity index (χ2n) is 5.38. The van der Waals surface area contributed by atoms with Crippen molar-refractivity contribution in [2.75, 3.05) is 5.75 Å². The van der Waals surface area contributed by atoms with E-state index in [9.17, 15) is 8.42 Å². The summed E-state index contributed by atoms with van der Waals surface area (Å²) in [6, 6.07) is 0.112. The molecule has 3 nitrogen and oxygen atoms in total. The van der Waals surface area contributed by atoms with Crippen molar-refractivity contribution < 1.29 is 8.42 Å². The molecule has 96 valence electrons. The summed E-state index contributed by atoms with van der Waals surface area (Å²) in [5.74, 6) is 0.897. The van der Waals surface area contributed by atoms with E-state index < -0.39 is 9.84 Å². The highest BCUT2D eigenvalue weighted by Crippen LogP contribution is 2.29. The van der Waals surface area contributed by atoms with Gasteiger partial charge in [-0.1, -0.05) is 19.8 Å². The summed E-state index contributed by atoms with van der Waals surface area (Å²) in [5.41, 5.74) is 5.63. The van der Waals surface area contributed by atoms with Gasteiger partial charge in [0.1, 0.15) is 0 Å². The molecule has 2 N–H and O–H groups in total. The van der Waals surface area contributed by atoms with Gasteiger partial charge in [-0.2, -0.15) is 0 Å². The third-order valence-corrected chi connectivity index (χ3v) is 5.79. The van der Waals surface area contributed by atoms with E-state index in [1.165, 1.54) is 6.42 Å². The van der Waals surface area contributed by atoms with Crippen LogP contribution in [-0.4, -0.2) is 25.5 Å². The molecule has 0 heterocycles. The van der Waals surface area contributed by atoms with Crippen molar-refractivity contribution in [3.63, 3.8) is 0 Å². The quantitative estimate of drug-likeness (QED) is 0.809. The van der Waals surface area contributed by atoms with Crippen LogP contribution in [0.3, 0.4) is 0 Å². The zero-order chi connectivity index (χ0) is 12.2. The van der Waals surface area contributed by atoms with Gasteiger partial charge >= 0.3 is 0 Å². The lowest BCUT2D eigenvalue weighted by atomic mass is 9.91. The molecule has 0 saturated heterocycles. The molecule has 0 radical (unpaired) electrons. The first-order valence-electron chi connectivity index (χ1n) is 6.39. The van der Waals surface area contributed by atoms with Crippen LogP contribution in [-0.2, 0) is 9.84 Å². The van der Waals surface area contributed by atoms with E-state index in [0.717, 1.165) is 25.7 Å². The molecule has 1 aliphatic rings. The lowest BCUT2D eigenvalue weighted by Crippen LogP contribution is -2.29. The molecule has 16 heavy (non-hydrogen) atoms. The first-order chi connectivity index (χ1) is 7.42. The second-order valence-corrected chi connectivity index (χ2v) is 7.78. The van der Waals surface area contributed by atoms with E-state index in [4.69, 9.17) is 5.73 Å². The molecule has 3 atom stereocenters. The van der Waals surface area contributed by atoms with Gasteiger partial charge in [-0.15, -0.1) is 0 Å². The van der Waals surface area contributed by atoms with E-state index in [1.54, 1.807) is 0 Å². The van der Waals surface area contributed by atoms with Crippen LogP contribution in [0.4, 0.5) is 0 Å². The van der Waals surface area contributed by atoms with Crippen LogP contribution in [0.2, 0.25) is 0 Å². The zero-order valence-corrected chi connectivity index (χ0v) is 11.3. The Labute approximate surface area is 99.7 Å². The van der Waals surface area contributed by atoms with Crippen LogP contribution in [0, 0.1) is 5.92 Å². The van der Waals surface area contributed by atoms with E-state index in [-0.39, 0.29) is 11.3 Å². The molecule has 1 fully saturated rings. The minimum absolute atomic E-state index is 0.0793. The third-order valence-electron chi connectivity index (χ3n) is 3.48. The largest absolute Gasteiger partial charge is 0.328 e. The molecule has 1 rings (SSSR count). The third kappa shape index (κ3) is 4.42. The Morgan fingerprint density at radius 2 is 2.06 bits per heavy atom. The fraction of sp³-hybridized carbons (Fsp3) is 1.00.